The molecule has 0 bridgehead atoms. The Bertz CT molecular complexity index is 1400. The van der Waals surface area contributed by atoms with Crippen molar-refractivity contribution < 1.29 is 28.2 Å². The zero-order valence-corrected chi connectivity index (χ0v) is 22.4. The number of benzene rings is 3. The van der Waals surface area contributed by atoms with E-state index in [1.165, 1.54) is 0 Å². The molecule has 0 aromatic heterocycles. The number of carbonyl (C=O) groups excluding carboxylic acids is 2. The number of anilines is 2. The highest BCUT2D eigenvalue weighted by Crippen LogP contribution is 2.43. The Balaban J connectivity index is 1.87. The topological polar surface area (TPSA) is 70.1 Å². The number of ketones is 1. The van der Waals surface area contributed by atoms with Crippen LogP contribution in [0, 0.1) is 17.6 Å². The SMILES string of the molecule is CCN(CC)c1ccc(C2/C(=C(\O)c3cccc(OCC(C)C)c3)C(=O)C(=O)N2c2ccc(F)cc2F)cc1. The largest absolute Gasteiger partial charge is 0.507 e. The fourth-order valence-electron chi connectivity index (χ4n) is 4.68. The zero-order valence-electron chi connectivity index (χ0n) is 22.4. The zero-order chi connectivity index (χ0) is 28.3. The Hall–Kier alpha value is -4.20. The van der Waals surface area contributed by atoms with E-state index < -0.39 is 35.1 Å². The summed E-state index contributed by atoms with van der Waals surface area (Å²) in [5.41, 5.74) is 1.24. The summed E-state index contributed by atoms with van der Waals surface area (Å²) in [6.45, 7) is 10.1. The van der Waals surface area contributed by atoms with E-state index in [2.05, 4.69) is 4.90 Å². The molecule has 1 unspecified atom stereocenters. The lowest BCUT2D eigenvalue weighted by Crippen LogP contribution is -2.30. The number of ether oxygens (including phenoxy) is 1. The van der Waals surface area contributed by atoms with Crippen molar-refractivity contribution in [3.8, 4) is 5.75 Å². The molecule has 8 heteroatoms. The van der Waals surface area contributed by atoms with Crippen LogP contribution in [0.15, 0.2) is 72.3 Å². The molecule has 1 aliphatic rings. The number of hydrogen-bond acceptors (Lipinski definition) is 5. The van der Waals surface area contributed by atoms with Crippen molar-refractivity contribution in [1.29, 1.82) is 0 Å². The quantitative estimate of drug-likeness (QED) is 0.194. The van der Waals surface area contributed by atoms with E-state index in [0.29, 0.717) is 24.0 Å². The van der Waals surface area contributed by atoms with Crippen molar-refractivity contribution in [2.24, 2.45) is 5.92 Å². The normalized spacial score (nSPS) is 16.7. The molecule has 3 aromatic rings. The molecule has 6 nitrogen and oxygen atoms in total. The summed E-state index contributed by atoms with van der Waals surface area (Å²) in [5, 5.41) is 11.4. The molecule has 0 saturated carbocycles. The number of aliphatic hydroxyl groups is 1. The molecule has 0 spiro atoms. The van der Waals surface area contributed by atoms with Crippen LogP contribution in [0.3, 0.4) is 0 Å². The van der Waals surface area contributed by atoms with Gasteiger partial charge in [-0.05, 0) is 61.7 Å². The van der Waals surface area contributed by atoms with Gasteiger partial charge in [-0.15, -0.1) is 0 Å². The molecule has 1 aliphatic heterocycles. The molecular weight excluding hydrogens is 502 g/mol. The Morgan fingerprint density at radius 1 is 1.00 bits per heavy atom. The molecule has 1 saturated heterocycles. The number of aliphatic hydroxyl groups excluding tert-OH is 1. The van der Waals surface area contributed by atoms with Crippen LogP contribution in [-0.2, 0) is 9.59 Å². The molecule has 204 valence electrons. The maximum atomic E-state index is 15.0. The molecule has 0 radical (unpaired) electrons. The van der Waals surface area contributed by atoms with Crippen LogP contribution < -0.4 is 14.5 Å². The Morgan fingerprint density at radius 3 is 2.31 bits per heavy atom. The predicted molar refractivity (Wildman–Crippen MR) is 148 cm³/mol. The van der Waals surface area contributed by atoms with Gasteiger partial charge in [0.05, 0.1) is 23.9 Å². The fraction of sp³-hybridized carbons (Fsp3) is 0.290. The third-order valence-electron chi connectivity index (χ3n) is 6.64. The number of amides is 1. The number of rotatable bonds is 9. The maximum absolute atomic E-state index is 15.0. The number of carbonyl (C=O) groups is 2. The van der Waals surface area contributed by atoms with Gasteiger partial charge in [0.25, 0.3) is 11.7 Å². The highest BCUT2D eigenvalue weighted by Gasteiger charge is 2.47. The summed E-state index contributed by atoms with van der Waals surface area (Å²) in [6, 6.07) is 15.4. The van der Waals surface area contributed by atoms with E-state index in [4.69, 9.17) is 4.74 Å². The van der Waals surface area contributed by atoms with Gasteiger partial charge in [0.1, 0.15) is 23.1 Å². The summed E-state index contributed by atoms with van der Waals surface area (Å²) in [5.74, 6) is -3.44. The summed E-state index contributed by atoms with van der Waals surface area (Å²) in [7, 11) is 0. The molecule has 1 fully saturated rings. The van der Waals surface area contributed by atoms with E-state index in [-0.39, 0.29) is 22.7 Å². The predicted octanol–water partition coefficient (Wildman–Crippen LogP) is 6.47. The Morgan fingerprint density at radius 2 is 1.69 bits per heavy atom. The van der Waals surface area contributed by atoms with E-state index in [1.54, 1.807) is 36.4 Å². The monoisotopic (exact) mass is 534 g/mol. The number of nitrogens with zero attached hydrogens (tertiary/aromatic N) is 2. The van der Waals surface area contributed by atoms with Gasteiger partial charge in [-0.25, -0.2) is 8.78 Å². The molecule has 4 rings (SSSR count). The Kier molecular flexibility index (Phi) is 8.33. The van der Waals surface area contributed by atoms with Gasteiger partial charge >= 0.3 is 0 Å². The summed E-state index contributed by atoms with van der Waals surface area (Å²) < 4.78 is 34.4. The van der Waals surface area contributed by atoms with E-state index in [9.17, 15) is 23.5 Å². The second-order valence-electron chi connectivity index (χ2n) is 9.76. The first-order chi connectivity index (χ1) is 18.7. The highest BCUT2D eigenvalue weighted by atomic mass is 19.1. The minimum atomic E-state index is -1.14. The standard InChI is InChI=1S/C31H32F2N2O4/c1-5-34(6-2)23-13-10-20(11-14-23)28-27(29(36)21-8-7-9-24(16-21)39-18-19(3)4)30(37)31(38)35(28)26-15-12-22(32)17-25(26)33/h7-17,19,28,36H,5-6,18H2,1-4H3/b29-27+. The molecule has 1 N–H and O–H groups in total. The van der Waals surface area contributed by atoms with Gasteiger partial charge in [0.15, 0.2) is 0 Å². The molecule has 1 heterocycles. The smallest absolute Gasteiger partial charge is 0.300 e. The van der Waals surface area contributed by atoms with Gasteiger partial charge in [0, 0.05) is 30.4 Å². The van der Waals surface area contributed by atoms with E-state index in [1.807, 2.05) is 39.8 Å². The molecular formula is C31H32F2N2O4. The van der Waals surface area contributed by atoms with Crippen molar-refractivity contribution in [1.82, 2.24) is 0 Å². The first kappa shape index (κ1) is 27.8. The molecule has 3 aromatic carbocycles. The molecule has 1 atom stereocenters. The van der Waals surface area contributed by atoms with Crippen molar-refractivity contribution in [2.45, 2.75) is 33.7 Å². The second kappa shape index (κ2) is 11.7. The van der Waals surface area contributed by atoms with E-state index in [0.717, 1.165) is 35.8 Å². The summed E-state index contributed by atoms with van der Waals surface area (Å²) >= 11 is 0. The average molecular weight is 535 g/mol. The number of Topliss-reactive ketones (excluding diaryl/α,β-unsaturated/α-hetero) is 1. The van der Waals surface area contributed by atoms with Gasteiger partial charge in [-0.1, -0.05) is 38.1 Å². The molecule has 0 aliphatic carbocycles. The van der Waals surface area contributed by atoms with Crippen molar-refractivity contribution in [2.75, 3.05) is 29.5 Å². The lowest BCUT2D eigenvalue weighted by Gasteiger charge is -2.27. The van der Waals surface area contributed by atoms with Gasteiger partial charge < -0.3 is 14.7 Å². The van der Waals surface area contributed by atoms with Gasteiger partial charge in [-0.3, -0.25) is 14.5 Å². The minimum Gasteiger partial charge on any atom is -0.507 e. The van der Waals surface area contributed by atoms with Crippen LogP contribution in [0.25, 0.3) is 5.76 Å². The molecule has 39 heavy (non-hydrogen) atoms. The van der Waals surface area contributed by atoms with Crippen LogP contribution in [-0.4, -0.2) is 36.5 Å². The van der Waals surface area contributed by atoms with Crippen molar-refractivity contribution in [3.63, 3.8) is 0 Å². The van der Waals surface area contributed by atoms with Crippen LogP contribution in [0.4, 0.5) is 20.2 Å². The highest BCUT2D eigenvalue weighted by molar-refractivity contribution is 6.51. The second-order valence-corrected chi connectivity index (χ2v) is 9.76. The first-order valence-corrected chi connectivity index (χ1v) is 13.0. The van der Waals surface area contributed by atoms with Gasteiger partial charge in [-0.2, -0.15) is 0 Å². The van der Waals surface area contributed by atoms with Crippen LogP contribution in [0.5, 0.6) is 5.75 Å². The number of halogens is 2. The van der Waals surface area contributed by atoms with Crippen LogP contribution >= 0.6 is 0 Å². The first-order valence-electron chi connectivity index (χ1n) is 13.0. The number of hydrogen-bond donors (Lipinski definition) is 1. The lowest BCUT2D eigenvalue weighted by molar-refractivity contribution is -0.132. The summed E-state index contributed by atoms with van der Waals surface area (Å²) in [4.78, 5) is 29.8. The van der Waals surface area contributed by atoms with Gasteiger partial charge in [0.2, 0.25) is 0 Å². The van der Waals surface area contributed by atoms with Crippen molar-refractivity contribution >= 4 is 28.8 Å². The third kappa shape index (κ3) is 5.65. The summed E-state index contributed by atoms with van der Waals surface area (Å²) in [6.07, 6.45) is 0. The lowest BCUT2D eigenvalue weighted by atomic mass is 9.94. The van der Waals surface area contributed by atoms with Crippen molar-refractivity contribution in [3.05, 3.63) is 95.1 Å². The maximum Gasteiger partial charge on any atom is 0.300 e. The Labute approximate surface area is 227 Å². The van der Waals surface area contributed by atoms with Crippen LogP contribution in [0.1, 0.15) is 44.9 Å². The van der Waals surface area contributed by atoms with Crippen LogP contribution in [0.2, 0.25) is 0 Å². The van der Waals surface area contributed by atoms with E-state index >= 15 is 0 Å². The molecule has 1 amide bonds. The fourth-order valence-corrected chi connectivity index (χ4v) is 4.68. The third-order valence-corrected chi connectivity index (χ3v) is 6.64. The minimum absolute atomic E-state index is 0.194. The average Bonchev–Trinajstić information content (AvgIpc) is 3.18.